The van der Waals surface area contributed by atoms with Crippen LogP contribution in [-0.4, -0.2) is 9.55 Å². The van der Waals surface area contributed by atoms with Crippen molar-refractivity contribution in [3.63, 3.8) is 0 Å². The lowest BCUT2D eigenvalue weighted by Gasteiger charge is -1.94. The van der Waals surface area contributed by atoms with Crippen LogP contribution in [0.5, 0.6) is 0 Å². The second-order valence-corrected chi connectivity index (χ2v) is 2.85. The second kappa shape index (κ2) is 7.04. The van der Waals surface area contributed by atoms with Crippen molar-refractivity contribution in [2.24, 2.45) is 7.05 Å². The summed E-state index contributed by atoms with van der Waals surface area (Å²) in [7, 11) is 2.01. The molecule has 0 spiro atoms. The lowest BCUT2D eigenvalue weighted by atomic mass is 10.2. The fourth-order valence-electron chi connectivity index (χ4n) is 1.24. The number of nitrogens with zero attached hydrogens (tertiary/aromatic N) is 2. The van der Waals surface area contributed by atoms with E-state index in [0.717, 1.165) is 5.52 Å². The summed E-state index contributed by atoms with van der Waals surface area (Å²) in [6.07, 6.45) is 1.84. The molecule has 0 aliphatic rings. The van der Waals surface area contributed by atoms with Crippen molar-refractivity contribution in [1.29, 1.82) is 0 Å². The molecular formula is C13H22N2. The Hall–Kier alpha value is -1.31. The van der Waals surface area contributed by atoms with Gasteiger partial charge in [0.25, 0.3) is 0 Å². The third-order valence-electron chi connectivity index (χ3n) is 1.88. The van der Waals surface area contributed by atoms with Crippen molar-refractivity contribution >= 4 is 11.0 Å². The third kappa shape index (κ3) is 3.39. The van der Waals surface area contributed by atoms with Gasteiger partial charge in [0.2, 0.25) is 0 Å². The third-order valence-corrected chi connectivity index (χ3v) is 1.88. The Labute approximate surface area is 93.0 Å². The summed E-state index contributed by atoms with van der Waals surface area (Å²) in [6, 6.07) is 6.27. The van der Waals surface area contributed by atoms with Gasteiger partial charge in [-0.15, -0.1) is 0 Å². The van der Waals surface area contributed by atoms with Crippen LogP contribution in [0.25, 0.3) is 11.0 Å². The number of hydrogen-bond donors (Lipinski definition) is 0. The standard InChI is InChI=1S/C9H10N2.2C2H6/c1-7-3-4-8-9(5-7)11(2)6-10-8;2*1-2/h3-6H,1-2H3;2*1-2H3. The summed E-state index contributed by atoms with van der Waals surface area (Å²) < 4.78 is 2.03. The van der Waals surface area contributed by atoms with Crippen molar-refractivity contribution in [1.82, 2.24) is 9.55 Å². The van der Waals surface area contributed by atoms with E-state index >= 15 is 0 Å². The molecule has 0 fully saturated rings. The Morgan fingerprint density at radius 2 is 1.67 bits per heavy atom. The number of aryl methyl sites for hydroxylation is 2. The first-order chi connectivity index (χ1) is 7.27. The van der Waals surface area contributed by atoms with Gasteiger partial charge in [-0.1, -0.05) is 33.8 Å². The van der Waals surface area contributed by atoms with Gasteiger partial charge < -0.3 is 4.57 Å². The van der Waals surface area contributed by atoms with Crippen molar-refractivity contribution in [2.75, 3.05) is 0 Å². The van der Waals surface area contributed by atoms with Crippen LogP contribution in [0, 0.1) is 6.92 Å². The minimum atomic E-state index is 1.07. The summed E-state index contributed by atoms with van der Waals surface area (Å²) in [6.45, 7) is 10.1. The first-order valence-corrected chi connectivity index (χ1v) is 5.65. The highest BCUT2D eigenvalue weighted by Crippen LogP contribution is 2.12. The van der Waals surface area contributed by atoms with Gasteiger partial charge >= 0.3 is 0 Å². The Kier molecular flexibility index (Phi) is 6.43. The quantitative estimate of drug-likeness (QED) is 0.638. The van der Waals surface area contributed by atoms with Crippen LogP contribution in [0.2, 0.25) is 0 Å². The molecule has 1 heterocycles. The van der Waals surface area contributed by atoms with E-state index in [4.69, 9.17) is 0 Å². The normalized spacial score (nSPS) is 8.67. The maximum Gasteiger partial charge on any atom is 0.0955 e. The van der Waals surface area contributed by atoms with Crippen LogP contribution in [-0.2, 0) is 7.05 Å². The molecule has 0 atom stereocenters. The molecule has 0 amide bonds. The van der Waals surface area contributed by atoms with Crippen LogP contribution in [0.15, 0.2) is 24.5 Å². The van der Waals surface area contributed by atoms with Crippen molar-refractivity contribution < 1.29 is 0 Å². The molecular weight excluding hydrogens is 184 g/mol. The fraction of sp³-hybridized carbons (Fsp3) is 0.462. The van der Waals surface area contributed by atoms with E-state index < -0.39 is 0 Å². The summed E-state index contributed by atoms with van der Waals surface area (Å²) in [5.41, 5.74) is 3.55. The van der Waals surface area contributed by atoms with Gasteiger partial charge in [0, 0.05) is 7.05 Å². The molecule has 15 heavy (non-hydrogen) atoms. The zero-order valence-electron chi connectivity index (χ0n) is 10.7. The number of fused-ring (bicyclic) bond motifs is 1. The lowest BCUT2D eigenvalue weighted by molar-refractivity contribution is 0.947. The second-order valence-electron chi connectivity index (χ2n) is 2.85. The molecule has 0 bridgehead atoms. The number of benzene rings is 1. The van der Waals surface area contributed by atoms with Crippen LogP contribution >= 0.6 is 0 Å². The van der Waals surface area contributed by atoms with E-state index in [9.17, 15) is 0 Å². The average molecular weight is 206 g/mol. The monoisotopic (exact) mass is 206 g/mol. The molecule has 2 aromatic rings. The van der Waals surface area contributed by atoms with Gasteiger partial charge in [-0.05, 0) is 24.6 Å². The Morgan fingerprint density at radius 3 is 2.27 bits per heavy atom. The molecule has 2 heteroatoms. The maximum absolute atomic E-state index is 4.22. The highest BCUT2D eigenvalue weighted by molar-refractivity contribution is 5.75. The molecule has 0 aliphatic carbocycles. The molecule has 2 nitrogen and oxygen atoms in total. The van der Waals surface area contributed by atoms with Crippen LogP contribution in [0.4, 0.5) is 0 Å². The fourth-order valence-corrected chi connectivity index (χ4v) is 1.24. The highest BCUT2D eigenvalue weighted by atomic mass is 15.0. The summed E-state index contributed by atoms with van der Waals surface area (Å²) >= 11 is 0. The molecule has 84 valence electrons. The smallest absolute Gasteiger partial charge is 0.0955 e. The predicted octanol–water partition coefficient (Wildman–Crippen LogP) is 3.93. The minimum absolute atomic E-state index is 1.07. The Morgan fingerprint density at radius 1 is 1.07 bits per heavy atom. The SMILES string of the molecule is CC.CC.Cc1ccc2ncn(C)c2c1. The summed E-state index contributed by atoms with van der Waals surface area (Å²) in [5.74, 6) is 0. The summed E-state index contributed by atoms with van der Waals surface area (Å²) in [5, 5.41) is 0. The number of hydrogen-bond acceptors (Lipinski definition) is 1. The van der Waals surface area contributed by atoms with Gasteiger partial charge in [0.15, 0.2) is 0 Å². The van der Waals surface area contributed by atoms with E-state index in [2.05, 4.69) is 24.0 Å². The summed E-state index contributed by atoms with van der Waals surface area (Å²) in [4.78, 5) is 4.22. The molecule has 0 unspecified atom stereocenters. The molecule has 0 saturated carbocycles. The number of rotatable bonds is 0. The van der Waals surface area contributed by atoms with Crippen LogP contribution in [0.3, 0.4) is 0 Å². The van der Waals surface area contributed by atoms with Gasteiger partial charge in [0.05, 0.1) is 17.4 Å². The van der Waals surface area contributed by atoms with E-state index in [1.54, 1.807) is 0 Å². The van der Waals surface area contributed by atoms with Gasteiger partial charge in [-0.2, -0.15) is 0 Å². The van der Waals surface area contributed by atoms with Crippen LogP contribution < -0.4 is 0 Å². The highest BCUT2D eigenvalue weighted by Gasteiger charge is 1.96. The molecule has 0 saturated heterocycles. The molecule has 1 aromatic carbocycles. The van der Waals surface area contributed by atoms with Gasteiger partial charge in [-0.3, -0.25) is 0 Å². The molecule has 0 aliphatic heterocycles. The van der Waals surface area contributed by atoms with Gasteiger partial charge in [0.1, 0.15) is 0 Å². The predicted molar refractivity (Wildman–Crippen MR) is 68.1 cm³/mol. The van der Waals surface area contributed by atoms with E-state index in [1.165, 1.54) is 11.1 Å². The number of imidazole rings is 1. The minimum Gasteiger partial charge on any atom is -0.334 e. The first-order valence-electron chi connectivity index (χ1n) is 5.65. The zero-order valence-corrected chi connectivity index (χ0v) is 10.7. The number of aromatic nitrogens is 2. The van der Waals surface area contributed by atoms with Crippen molar-refractivity contribution in [3.05, 3.63) is 30.1 Å². The topological polar surface area (TPSA) is 17.8 Å². The zero-order chi connectivity index (χ0) is 11.8. The van der Waals surface area contributed by atoms with Crippen molar-refractivity contribution in [3.8, 4) is 0 Å². The van der Waals surface area contributed by atoms with Crippen molar-refractivity contribution in [2.45, 2.75) is 34.6 Å². The molecule has 0 N–H and O–H groups in total. The molecule has 1 aromatic heterocycles. The van der Waals surface area contributed by atoms with E-state index in [-0.39, 0.29) is 0 Å². The van der Waals surface area contributed by atoms with E-state index in [0.29, 0.717) is 0 Å². The largest absolute Gasteiger partial charge is 0.334 e. The first kappa shape index (κ1) is 13.7. The maximum atomic E-state index is 4.22. The lowest BCUT2D eigenvalue weighted by Crippen LogP contribution is -1.83. The van der Waals surface area contributed by atoms with Crippen LogP contribution in [0.1, 0.15) is 33.3 Å². The Balaban J connectivity index is 0.000000442. The van der Waals surface area contributed by atoms with E-state index in [1.807, 2.05) is 51.7 Å². The van der Waals surface area contributed by atoms with Gasteiger partial charge in [-0.25, -0.2) is 4.98 Å². The average Bonchev–Trinajstić information content (AvgIpc) is 2.66. The molecule has 2 rings (SSSR count). The Bertz CT molecular complexity index is 388. The molecule has 0 radical (unpaired) electrons.